The highest BCUT2D eigenvalue weighted by molar-refractivity contribution is 9.11. The summed E-state index contributed by atoms with van der Waals surface area (Å²) in [7, 11) is 0. The van der Waals surface area contributed by atoms with Crippen LogP contribution in [0.1, 0.15) is 17.4 Å². The summed E-state index contributed by atoms with van der Waals surface area (Å²) < 4.78 is 1.68. The van der Waals surface area contributed by atoms with Crippen molar-refractivity contribution in [3.8, 4) is 0 Å². The number of anilines is 2. The van der Waals surface area contributed by atoms with Gasteiger partial charge in [0.1, 0.15) is 5.82 Å². The minimum absolute atomic E-state index is 0.263. The monoisotopic (exact) mass is 398 g/mol. The molecule has 0 aliphatic rings. The molecule has 2 rings (SSSR count). The number of amides is 1. The van der Waals surface area contributed by atoms with Crippen LogP contribution >= 0.6 is 31.9 Å². The van der Waals surface area contributed by atoms with Gasteiger partial charge in [-0.2, -0.15) is 0 Å². The van der Waals surface area contributed by atoms with Crippen LogP contribution < -0.4 is 10.6 Å². The summed E-state index contributed by atoms with van der Waals surface area (Å²) >= 11 is 6.74. The predicted molar refractivity (Wildman–Crippen MR) is 86.0 cm³/mol. The van der Waals surface area contributed by atoms with E-state index in [0.717, 1.165) is 15.5 Å². The molecule has 0 unspecified atom stereocenters. The highest BCUT2D eigenvalue weighted by Gasteiger charge is 2.10. The van der Waals surface area contributed by atoms with E-state index in [-0.39, 0.29) is 11.6 Å². The summed E-state index contributed by atoms with van der Waals surface area (Å²) in [4.78, 5) is 12.1. The molecule has 20 heavy (non-hydrogen) atoms. The number of benzene rings is 1. The molecule has 1 amide bonds. The van der Waals surface area contributed by atoms with Gasteiger partial charge in [0.25, 0.3) is 5.91 Å². The van der Waals surface area contributed by atoms with E-state index in [9.17, 15) is 4.79 Å². The Kier molecular flexibility index (Phi) is 5.08. The second kappa shape index (κ2) is 6.81. The van der Waals surface area contributed by atoms with E-state index in [1.807, 2.05) is 25.1 Å². The third-order valence-electron chi connectivity index (χ3n) is 2.43. The molecule has 0 fully saturated rings. The van der Waals surface area contributed by atoms with E-state index in [2.05, 4.69) is 52.7 Å². The Labute approximate surface area is 133 Å². The molecule has 1 aromatic heterocycles. The van der Waals surface area contributed by atoms with Crippen molar-refractivity contribution in [1.82, 2.24) is 10.2 Å². The fourth-order valence-corrected chi connectivity index (χ4v) is 2.22. The standard InChI is InChI=1S/C13H12Br2N4O/c1-2-16-12-6-5-10(18-19-12)13(20)17-11-7-8(14)3-4-9(11)15/h3-7H,2H2,1H3,(H,16,19)(H,17,20). The van der Waals surface area contributed by atoms with E-state index in [4.69, 9.17) is 0 Å². The molecule has 5 nitrogen and oxygen atoms in total. The van der Waals surface area contributed by atoms with E-state index in [0.29, 0.717) is 11.5 Å². The molecule has 0 saturated heterocycles. The van der Waals surface area contributed by atoms with E-state index in [1.54, 1.807) is 12.1 Å². The average Bonchev–Trinajstić information content (AvgIpc) is 2.44. The summed E-state index contributed by atoms with van der Waals surface area (Å²) in [6.45, 7) is 2.72. The van der Waals surface area contributed by atoms with Crippen LogP contribution in [0.2, 0.25) is 0 Å². The Bertz CT molecular complexity index is 616. The highest BCUT2D eigenvalue weighted by atomic mass is 79.9. The lowest BCUT2D eigenvalue weighted by molar-refractivity contribution is 0.102. The van der Waals surface area contributed by atoms with Gasteiger partial charge in [0.2, 0.25) is 0 Å². The van der Waals surface area contributed by atoms with Crippen LogP contribution in [-0.4, -0.2) is 22.6 Å². The largest absolute Gasteiger partial charge is 0.369 e. The van der Waals surface area contributed by atoms with Crippen molar-refractivity contribution >= 4 is 49.3 Å². The van der Waals surface area contributed by atoms with Crippen molar-refractivity contribution in [1.29, 1.82) is 0 Å². The minimum atomic E-state index is -0.306. The van der Waals surface area contributed by atoms with Crippen molar-refractivity contribution in [2.75, 3.05) is 17.2 Å². The fourth-order valence-electron chi connectivity index (χ4n) is 1.51. The Hall–Kier alpha value is -1.47. The van der Waals surface area contributed by atoms with E-state index < -0.39 is 0 Å². The topological polar surface area (TPSA) is 66.9 Å². The number of hydrogen-bond donors (Lipinski definition) is 2. The number of carbonyl (C=O) groups is 1. The molecule has 1 aromatic carbocycles. The minimum Gasteiger partial charge on any atom is -0.369 e. The van der Waals surface area contributed by atoms with Crippen LogP contribution in [0.25, 0.3) is 0 Å². The van der Waals surface area contributed by atoms with Gasteiger partial charge in [0, 0.05) is 15.5 Å². The number of rotatable bonds is 4. The molecule has 2 aromatic rings. The average molecular weight is 400 g/mol. The lowest BCUT2D eigenvalue weighted by Gasteiger charge is -2.07. The second-order valence-corrected chi connectivity index (χ2v) is 5.68. The molecule has 0 saturated carbocycles. The SMILES string of the molecule is CCNc1ccc(C(=O)Nc2cc(Br)ccc2Br)nn1. The van der Waals surface area contributed by atoms with Gasteiger partial charge in [-0.05, 0) is 53.2 Å². The molecule has 7 heteroatoms. The molecule has 1 heterocycles. The number of nitrogens with one attached hydrogen (secondary N) is 2. The molecule has 2 N–H and O–H groups in total. The first-order chi connectivity index (χ1) is 9.60. The first-order valence-electron chi connectivity index (χ1n) is 5.94. The molecular formula is C13H12Br2N4O. The molecule has 104 valence electrons. The summed E-state index contributed by atoms with van der Waals surface area (Å²) in [6, 6.07) is 8.89. The van der Waals surface area contributed by atoms with E-state index >= 15 is 0 Å². The van der Waals surface area contributed by atoms with Crippen molar-refractivity contribution in [2.45, 2.75) is 6.92 Å². The maximum Gasteiger partial charge on any atom is 0.276 e. The Morgan fingerprint density at radius 3 is 2.65 bits per heavy atom. The normalized spacial score (nSPS) is 10.2. The second-order valence-electron chi connectivity index (χ2n) is 3.91. The van der Waals surface area contributed by atoms with Crippen LogP contribution in [0.4, 0.5) is 11.5 Å². The van der Waals surface area contributed by atoms with Gasteiger partial charge >= 0.3 is 0 Å². The Morgan fingerprint density at radius 2 is 2.00 bits per heavy atom. The van der Waals surface area contributed by atoms with Crippen LogP contribution in [0.15, 0.2) is 39.3 Å². The first kappa shape index (κ1) is 14.9. The molecule has 0 radical (unpaired) electrons. The Balaban J connectivity index is 2.13. The lowest BCUT2D eigenvalue weighted by Crippen LogP contribution is -2.15. The smallest absolute Gasteiger partial charge is 0.276 e. The van der Waals surface area contributed by atoms with Crippen molar-refractivity contribution < 1.29 is 4.79 Å². The lowest BCUT2D eigenvalue weighted by atomic mass is 10.3. The third kappa shape index (κ3) is 3.77. The van der Waals surface area contributed by atoms with Crippen LogP contribution in [0.3, 0.4) is 0 Å². The zero-order valence-electron chi connectivity index (χ0n) is 10.7. The van der Waals surface area contributed by atoms with Gasteiger partial charge in [-0.1, -0.05) is 15.9 Å². The van der Waals surface area contributed by atoms with Crippen LogP contribution in [-0.2, 0) is 0 Å². The summed E-state index contributed by atoms with van der Waals surface area (Å²) in [5.74, 6) is 0.340. The summed E-state index contributed by atoms with van der Waals surface area (Å²) in [5.41, 5.74) is 0.931. The van der Waals surface area contributed by atoms with Crippen molar-refractivity contribution in [3.63, 3.8) is 0 Å². The van der Waals surface area contributed by atoms with Crippen molar-refractivity contribution in [2.24, 2.45) is 0 Å². The zero-order valence-corrected chi connectivity index (χ0v) is 13.8. The third-order valence-corrected chi connectivity index (χ3v) is 3.62. The van der Waals surface area contributed by atoms with Crippen molar-refractivity contribution in [3.05, 3.63) is 45.0 Å². The number of carbonyl (C=O) groups excluding carboxylic acids is 1. The first-order valence-corrected chi connectivity index (χ1v) is 7.52. The van der Waals surface area contributed by atoms with Crippen LogP contribution in [0, 0.1) is 0 Å². The summed E-state index contributed by atoms with van der Waals surface area (Å²) in [6.07, 6.45) is 0. The van der Waals surface area contributed by atoms with Gasteiger partial charge in [-0.3, -0.25) is 4.79 Å². The fraction of sp³-hybridized carbons (Fsp3) is 0.154. The molecular weight excluding hydrogens is 388 g/mol. The molecule has 0 aliphatic carbocycles. The van der Waals surface area contributed by atoms with Gasteiger partial charge in [-0.15, -0.1) is 10.2 Å². The molecule has 0 aliphatic heterocycles. The summed E-state index contributed by atoms with van der Waals surface area (Å²) in [5, 5.41) is 13.6. The van der Waals surface area contributed by atoms with Crippen LogP contribution in [0.5, 0.6) is 0 Å². The highest BCUT2D eigenvalue weighted by Crippen LogP contribution is 2.26. The Morgan fingerprint density at radius 1 is 1.20 bits per heavy atom. The molecule has 0 bridgehead atoms. The number of halogens is 2. The van der Waals surface area contributed by atoms with Gasteiger partial charge in [0.05, 0.1) is 5.69 Å². The van der Waals surface area contributed by atoms with Gasteiger partial charge in [0.15, 0.2) is 5.69 Å². The van der Waals surface area contributed by atoms with Gasteiger partial charge in [-0.25, -0.2) is 0 Å². The number of nitrogens with zero attached hydrogens (tertiary/aromatic N) is 2. The van der Waals surface area contributed by atoms with Gasteiger partial charge < -0.3 is 10.6 Å². The zero-order chi connectivity index (χ0) is 14.5. The molecule has 0 atom stereocenters. The van der Waals surface area contributed by atoms with E-state index in [1.165, 1.54) is 0 Å². The number of hydrogen-bond acceptors (Lipinski definition) is 4. The predicted octanol–water partition coefficient (Wildman–Crippen LogP) is 3.69. The maximum absolute atomic E-state index is 12.1. The maximum atomic E-state index is 12.1. The number of aromatic nitrogens is 2. The molecule has 0 spiro atoms. The quantitative estimate of drug-likeness (QED) is 0.822.